The van der Waals surface area contributed by atoms with Crippen molar-refractivity contribution in [3.8, 4) is 5.75 Å². The first-order chi connectivity index (χ1) is 13.5. The fraction of sp³-hybridized carbons (Fsp3) is 0.273. The van der Waals surface area contributed by atoms with Crippen LogP contribution < -0.4 is 15.8 Å². The van der Waals surface area contributed by atoms with Crippen LogP contribution in [0.1, 0.15) is 34.1 Å². The van der Waals surface area contributed by atoms with Gasteiger partial charge in [-0.05, 0) is 53.6 Å². The van der Waals surface area contributed by atoms with Crippen molar-refractivity contribution in [2.75, 3.05) is 11.9 Å². The van der Waals surface area contributed by atoms with E-state index in [2.05, 4.69) is 12.2 Å². The smallest absolute Gasteiger partial charge is 0.262 e. The molecule has 144 valence electrons. The number of anilines is 1. The first-order valence-corrected chi connectivity index (χ1v) is 10.2. The number of carbonyl (C=O) groups excluding carboxylic acids is 2. The van der Waals surface area contributed by atoms with E-state index in [4.69, 9.17) is 10.5 Å². The summed E-state index contributed by atoms with van der Waals surface area (Å²) in [5.74, 6) is 0.412. The highest BCUT2D eigenvalue weighted by Crippen LogP contribution is 2.39. The van der Waals surface area contributed by atoms with Crippen molar-refractivity contribution in [1.82, 2.24) is 0 Å². The SMILES string of the molecule is CC1CCc2c(sc(NC(=O)COc3ccc4ccccc4c3)c2C(N)=O)C1. The second-order valence-corrected chi connectivity index (χ2v) is 8.37. The molecule has 1 aliphatic carbocycles. The standard InChI is InChI=1S/C22H22N2O3S/c1-13-6-9-17-18(10-13)28-22(20(17)21(23)26)24-19(25)12-27-16-8-7-14-4-2-3-5-15(14)11-16/h2-5,7-8,11,13H,6,9-10,12H2,1H3,(H2,23,26)(H,24,25). The van der Waals surface area contributed by atoms with Crippen molar-refractivity contribution in [3.63, 3.8) is 0 Å². The van der Waals surface area contributed by atoms with E-state index in [1.807, 2.05) is 42.5 Å². The molecule has 5 nitrogen and oxygen atoms in total. The number of nitrogens with two attached hydrogens (primary N) is 1. The average Bonchev–Trinajstić information content (AvgIpc) is 3.03. The van der Waals surface area contributed by atoms with Crippen molar-refractivity contribution in [2.45, 2.75) is 26.2 Å². The highest BCUT2D eigenvalue weighted by molar-refractivity contribution is 7.17. The van der Waals surface area contributed by atoms with Crippen LogP contribution >= 0.6 is 11.3 Å². The highest BCUT2D eigenvalue weighted by atomic mass is 32.1. The lowest BCUT2D eigenvalue weighted by atomic mass is 9.88. The molecule has 28 heavy (non-hydrogen) atoms. The van der Waals surface area contributed by atoms with E-state index >= 15 is 0 Å². The zero-order chi connectivity index (χ0) is 19.7. The van der Waals surface area contributed by atoms with Gasteiger partial charge in [0.15, 0.2) is 6.61 Å². The Labute approximate surface area is 167 Å². The number of hydrogen-bond donors (Lipinski definition) is 2. The molecule has 0 aliphatic heterocycles. The molecular weight excluding hydrogens is 372 g/mol. The number of amides is 2. The van der Waals surface area contributed by atoms with Gasteiger partial charge in [0.2, 0.25) is 0 Å². The molecule has 2 amide bonds. The number of hydrogen-bond acceptors (Lipinski definition) is 4. The number of carbonyl (C=O) groups is 2. The Kier molecular flexibility index (Phi) is 5.05. The monoisotopic (exact) mass is 394 g/mol. The average molecular weight is 394 g/mol. The van der Waals surface area contributed by atoms with E-state index in [1.165, 1.54) is 11.3 Å². The van der Waals surface area contributed by atoms with Crippen molar-refractivity contribution < 1.29 is 14.3 Å². The minimum atomic E-state index is -0.488. The van der Waals surface area contributed by atoms with Crippen molar-refractivity contribution in [3.05, 3.63) is 58.5 Å². The van der Waals surface area contributed by atoms with Gasteiger partial charge in [0.25, 0.3) is 11.8 Å². The predicted molar refractivity (Wildman–Crippen MR) is 112 cm³/mol. The Balaban J connectivity index is 1.46. The normalized spacial score (nSPS) is 15.8. The van der Waals surface area contributed by atoms with Crippen molar-refractivity contribution >= 4 is 38.9 Å². The van der Waals surface area contributed by atoms with Crippen LogP contribution in [-0.4, -0.2) is 18.4 Å². The van der Waals surface area contributed by atoms with E-state index in [0.717, 1.165) is 40.5 Å². The molecule has 1 atom stereocenters. The summed E-state index contributed by atoms with van der Waals surface area (Å²) in [5, 5.41) is 5.53. The van der Waals surface area contributed by atoms with Gasteiger partial charge in [-0.1, -0.05) is 37.3 Å². The fourth-order valence-corrected chi connectivity index (χ4v) is 5.10. The topological polar surface area (TPSA) is 81.4 Å². The molecule has 6 heteroatoms. The lowest BCUT2D eigenvalue weighted by Crippen LogP contribution is -2.22. The Morgan fingerprint density at radius 3 is 2.79 bits per heavy atom. The summed E-state index contributed by atoms with van der Waals surface area (Å²) in [6, 6.07) is 13.7. The van der Waals surface area contributed by atoms with E-state index < -0.39 is 5.91 Å². The van der Waals surface area contributed by atoms with Gasteiger partial charge in [0.1, 0.15) is 10.8 Å². The van der Waals surface area contributed by atoms with Crippen LogP contribution in [0, 0.1) is 5.92 Å². The summed E-state index contributed by atoms with van der Waals surface area (Å²) >= 11 is 1.46. The quantitative estimate of drug-likeness (QED) is 0.682. The molecule has 0 bridgehead atoms. The second-order valence-electron chi connectivity index (χ2n) is 7.27. The van der Waals surface area contributed by atoms with Crippen LogP contribution in [0.4, 0.5) is 5.00 Å². The highest BCUT2D eigenvalue weighted by Gasteiger charge is 2.27. The number of ether oxygens (including phenoxy) is 1. The Bertz CT molecular complexity index is 1060. The molecule has 1 unspecified atom stereocenters. The zero-order valence-corrected chi connectivity index (χ0v) is 16.5. The molecule has 4 rings (SSSR count). The van der Waals surface area contributed by atoms with Crippen LogP contribution in [0.5, 0.6) is 5.75 Å². The fourth-order valence-electron chi connectivity index (χ4n) is 3.67. The van der Waals surface area contributed by atoms with Crippen molar-refractivity contribution in [1.29, 1.82) is 0 Å². The molecular formula is C22H22N2O3S. The Hall–Kier alpha value is -2.86. The van der Waals surface area contributed by atoms with Gasteiger partial charge >= 0.3 is 0 Å². The third-order valence-corrected chi connectivity index (χ3v) is 6.27. The molecule has 3 N–H and O–H groups in total. The summed E-state index contributed by atoms with van der Waals surface area (Å²) in [6.45, 7) is 2.07. The molecule has 2 aromatic carbocycles. The van der Waals surface area contributed by atoms with Gasteiger partial charge in [0, 0.05) is 4.88 Å². The molecule has 1 aromatic heterocycles. The lowest BCUT2D eigenvalue weighted by molar-refractivity contribution is -0.118. The van der Waals surface area contributed by atoms with Crippen molar-refractivity contribution in [2.24, 2.45) is 11.7 Å². The van der Waals surface area contributed by atoms with Gasteiger partial charge in [-0.25, -0.2) is 0 Å². The molecule has 0 spiro atoms. The maximum absolute atomic E-state index is 12.4. The van der Waals surface area contributed by atoms with Crippen LogP contribution in [0.25, 0.3) is 10.8 Å². The molecule has 0 radical (unpaired) electrons. The molecule has 0 saturated heterocycles. The van der Waals surface area contributed by atoms with E-state index in [0.29, 0.717) is 22.2 Å². The third kappa shape index (κ3) is 3.73. The molecule has 0 saturated carbocycles. The summed E-state index contributed by atoms with van der Waals surface area (Å²) < 4.78 is 5.64. The first-order valence-electron chi connectivity index (χ1n) is 9.37. The van der Waals surface area contributed by atoms with Crippen LogP contribution in [0.2, 0.25) is 0 Å². The minimum absolute atomic E-state index is 0.129. The van der Waals surface area contributed by atoms with Crippen LogP contribution in [-0.2, 0) is 17.6 Å². The summed E-state index contributed by atoms with van der Waals surface area (Å²) in [5.41, 5.74) is 7.06. The van der Waals surface area contributed by atoms with Crippen LogP contribution in [0.15, 0.2) is 42.5 Å². The maximum atomic E-state index is 12.4. The lowest BCUT2D eigenvalue weighted by Gasteiger charge is -2.18. The molecule has 1 heterocycles. The second kappa shape index (κ2) is 7.64. The Morgan fingerprint density at radius 2 is 2.00 bits per heavy atom. The summed E-state index contributed by atoms with van der Waals surface area (Å²) in [7, 11) is 0. The predicted octanol–water partition coefficient (Wildman–Crippen LogP) is 4.14. The number of fused-ring (bicyclic) bond motifs is 2. The number of nitrogens with one attached hydrogen (secondary N) is 1. The van der Waals surface area contributed by atoms with Crippen LogP contribution in [0.3, 0.4) is 0 Å². The maximum Gasteiger partial charge on any atom is 0.262 e. The molecule has 1 aliphatic rings. The number of rotatable bonds is 5. The third-order valence-electron chi connectivity index (χ3n) is 5.10. The summed E-state index contributed by atoms with van der Waals surface area (Å²) in [4.78, 5) is 25.5. The first kappa shape index (κ1) is 18.5. The van der Waals surface area contributed by atoms with Gasteiger partial charge < -0.3 is 15.8 Å². The largest absolute Gasteiger partial charge is 0.484 e. The van der Waals surface area contributed by atoms with E-state index in [-0.39, 0.29) is 12.5 Å². The zero-order valence-electron chi connectivity index (χ0n) is 15.7. The van der Waals surface area contributed by atoms with Gasteiger partial charge in [0.05, 0.1) is 5.56 Å². The molecule has 0 fully saturated rings. The summed E-state index contributed by atoms with van der Waals surface area (Å²) in [6.07, 6.45) is 2.78. The Morgan fingerprint density at radius 1 is 1.21 bits per heavy atom. The number of thiophene rings is 1. The van der Waals surface area contributed by atoms with E-state index in [9.17, 15) is 9.59 Å². The van der Waals surface area contributed by atoms with Gasteiger partial charge in [-0.2, -0.15) is 0 Å². The number of benzene rings is 2. The van der Waals surface area contributed by atoms with E-state index in [1.54, 1.807) is 0 Å². The minimum Gasteiger partial charge on any atom is -0.484 e. The number of primary amides is 1. The van der Waals surface area contributed by atoms with Gasteiger partial charge in [-0.3, -0.25) is 9.59 Å². The van der Waals surface area contributed by atoms with Gasteiger partial charge in [-0.15, -0.1) is 11.3 Å². The molecule has 3 aromatic rings.